The topological polar surface area (TPSA) is 411 Å². The molecule has 444 valence electrons. The number of Topliss-reactive ketones (excluding diaryl/α,β-unsaturated/α-hetero) is 1. The van der Waals surface area contributed by atoms with E-state index in [1.54, 1.807) is 61.7 Å². The van der Waals surface area contributed by atoms with Crippen LogP contribution in [0.4, 0.5) is 0 Å². The zero-order valence-electron chi connectivity index (χ0n) is 46.5. The van der Waals surface area contributed by atoms with E-state index in [4.69, 9.17) is 25.2 Å². The quantitative estimate of drug-likeness (QED) is 0.0400. The summed E-state index contributed by atoms with van der Waals surface area (Å²) in [7, 11) is 1.57. The molecular formula is C60H78O21. The van der Waals surface area contributed by atoms with Crippen molar-refractivity contribution in [1.82, 2.24) is 0 Å². The van der Waals surface area contributed by atoms with E-state index in [0.717, 1.165) is 27.8 Å². The lowest BCUT2D eigenvalue weighted by atomic mass is 9.76. The summed E-state index contributed by atoms with van der Waals surface area (Å²) in [4.78, 5) is 11.5. The van der Waals surface area contributed by atoms with Gasteiger partial charge in [0.1, 0.15) is 40.2 Å². The third kappa shape index (κ3) is 16.4. The summed E-state index contributed by atoms with van der Waals surface area (Å²) in [5.74, 6) is -1.47. The number of ketones is 1. The molecule has 0 unspecified atom stereocenters. The second-order valence-electron chi connectivity index (χ2n) is 20.4. The Balaban J connectivity index is 0.000000288. The minimum absolute atomic E-state index is 0.0346. The first-order valence-corrected chi connectivity index (χ1v) is 25.3. The van der Waals surface area contributed by atoms with Crippen LogP contribution >= 0.6 is 0 Å². The van der Waals surface area contributed by atoms with E-state index in [1.165, 1.54) is 6.92 Å². The number of hydrogen-bond acceptors (Lipinski definition) is 21. The monoisotopic (exact) mass is 1130 g/mol. The maximum Gasteiger partial charge on any atom is 0.163 e. The Hall–Kier alpha value is -6.93. The lowest BCUT2D eigenvalue weighted by Gasteiger charge is -2.29. The molecule has 0 bridgehead atoms. The van der Waals surface area contributed by atoms with Crippen LogP contribution in [0.5, 0.6) is 40.2 Å². The van der Waals surface area contributed by atoms with Gasteiger partial charge in [-0.05, 0) is 107 Å². The largest absolute Gasteiger partial charge is 0.507 e. The van der Waals surface area contributed by atoms with Gasteiger partial charge >= 0.3 is 0 Å². The molecule has 0 fully saturated rings. The molecule has 6 aromatic carbocycles. The van der Waals surface area contributed by atoms with Crippen LogP contribution < -0.4 is 0 Å². The molecule has 0 aliphatic rings. The van der Waals surface area contributed by atoms with E-state index < -0.39 is 43.3 Å². The van der Waals surface area contributed by atoms with Gasteiger partial charge < -0.3 is 102 Å². The standard InChI is InChI=1S/C19H24O6.C17H20O6.C14H20O3.C10H14O6/c1-19(2,15-3-11(7-20)17(24)12(4-15)8-21)16-5-13(9-22)18(25)14(6-16)10-23;18-6-12-2-10(3-13(7-19)16(12)22)1-11-4-14(8-20)17(23)15(5-11)9-21;1-9(15)12-7-11(14(2,3)4)6-10(8-17-5)13(12)16;11-1-5-6(2-12)10(16)8(4-14)7(3-13)9(5)15/h3-6,20-25H,7-10H2,1-2H3;2-5,18-23H,1,6-9H2;6-7,16H,8H2,1-5H3;11-16H,1-4H2. The number of rotatable bonds is 19. The summed E-state index contributed by atoms with van der Waals surface area (Å²) < 4.78 is 5.04. The number of methoxy groups -OCH3 is 1. The first-order chi connectivity index (χ1) is 38.2. The highest BCUT2D eigenvalue weighted by atomic mass is 16.5. The molecule has 19 N–H and O–H groups in total. The fraction of sp³-hybridized carbons (Fsp3) is 0.383. The third-order valence-electron chi connectivity index (χ3n) is 13.6. The van der Waals surface area contributed by atoms with Crippen molar-refractivity contribution >= 4 is 5.78 Å². The van der Waals surface area contributed by atoms with E-state index in [1.807, 2.05) is 19.9 Å². The van der Waals surface area contributed by atoms with Crippen LogP contribution in [0, 0.1) is 0 Å². The Labute approximate surface area is 469 Å². The number of carbonyl (C=O) groups excluding carboxylic acids is 1. The molecule has 0 aliphatic heterocycles. The molecule has 81 heavy (non-hydrogen) atoms. The summed E-state index contributed by atoms with van der Waals surface area (Å²) in [5, 5.41) is 180. The number of carbonyl (C=O) groups is 1. The molecule has 0 amide bonds. The zero-order valence-corrected chi connectivity index (χ0v) is 46.5. The smallest absolute Gasteiger partial charge is 0.163 e. The van der Waals surface area contributed by atoms with Crippen LogP contribution in [0.3, 0.4) is 0 Å². The van der Waals surface area contributed by atoms with Gasteiger partial charge in [-0.15, -0.1) is 0 Å². The van der Waals surface area contributed by atoms with E-state index in [-0.39, 0.29) is 115 Å². The summed E-state index contributed by atoms with van der Waals surface area (Å²) in [6, 6.07) is 16.8. The fourth-order valence-corrected chi connectivity index (χ4v) is 8.76. The normalized spacial score (nSPS) is 11.3. The molecule has 0 aliphatic carbocycles. The van der Waals surface area contributed by atoms with Crippen molar-refractivity contribution in [3.8, 4) is 40.2 Å². The average Bonchev–Trinajstić information content (AvgIpc) is 3.59. The van der Waals surface area contributed by atoms with Gasteiger partial charge in [-0.1, -0.05) is 34.6 Å². The molecule has 0 radical (unpaired) electrons. The number of phenolic OH excluding ortho intramolecular Hbond substituents is 1. The van der Waals surface area contributed by atoms with Crippen LogP contribution in [0.2, 0.25) is 0 Å². The van der Waals surface area contributed by atoms with E-state index >= 15 is 0 Å². The van der Waals surface area contributed by atoms with Crippen molar-refractivity contribution in [2.75, 3.05) is 7.11 Å². The van der Waals surface area contributed by atoms with E-state index in [0.29, 0.717) is 68.7 Å². The number of aromatic hydroxyl groups is 7. The van der Waals surface area contributed by atoms with Gasteiger partial charge in [0.15, 0.2) is 5.78 Å². The Morgan fingerprint density at radius 3 is 0.840 bits per heavy atom. The molecule has 21 heteroatoms. The van der Waals surface area contributed by atoms with Crippen LogP contribution in [-0.4, -0.2) is 110 Å². The Bertz CT molecular complexity index is 2790. The average molecular weight is 1140 g/mol. The lowest BCUT2D eigenvalue weighted by molar-refractivity contribution is 0.101. The van der Waals surface area contributed by atoms with Crippen molar-refractivity contribution in [1.29, 1.82) is 0 Å². The van der Waals surface area contributed by atoms with Crippen molar-refractivity contribution < 1.29 is 107 Å². The van der Waals surface area contributed by atoms with Crippen molar-refractivity contribution in [2.24, 2.45) is 0 Å². The number of phenols is 7. The van der Waals surface area contributed by atoms with Crippen molar-refractivity contribution in [3.05, 3.63) is 166 Å². The third-order valence-corrected chi connectivity index (χ3v) is 13.6. The number of ether oxygens (including phenoxy) is 1. The molecular weight excluding hydrogens is 1060 g/mol. The predicted molar refractivity (Wildman–Crippen MR) is 296 cm³/mol. The van der Waals surface area contributed by atoms with Crippen LogP contribution in [-0.2, 0) is 108 Å². The van der Waals surface area contributed by atoms with Gasteiger partial charge in [-0.3, -0.25) is 4.79 Å². The highest BCUT2D eigenvalue weighted by Gasteiger charge is 2.28. The highest BCUT2D eigenvalue weighted by molar-refractivity contribution is 5.97. The fourth-order valence-electron chi connectivity index (χ4n) is 8.76. The molecule has 0 spiro atoms. The molecule has 6 aromatic rings. The van der Waals surface area contributed by atoms with Gasteiger partial charge in [0, 0.05) is 84.8 Å². The Morgan fingerprint density at radius 2 is 0.617 bits per heavy atom. The van der Waals surface area contributed by atoms with Gasteiger partial charge in [0.2, 0.25) is 0 Å². The van der Waals surface area contributed by atoms with Crippen LogP contribution in [0.15, 0.2) is 60.7 Å². The van der Waals surface area contributed by atoms with Gasteiger partial charge in [0.25, 0.3) is 0 Å². The van der Waals surface area contributed by atoms with Gasteiger partial charge in [-0.25, -0.2) is 0 Å². The van der Waals surface area contributed by atoms with Crippen molar-refractivity contribution in [2.45, 2.75) is 145 Å². The maximum absolute atomic E-state index is 11.5. The Kier molecular flexibility index (Phi) is 26.0. The minimum atomic E-state index is -0.636. The molecule has 0 aromatic heterocycles. The Morgan fingerprint density at radius 1 is 0.358 bits per heavy atom. The van der Waals surface area contributed by atoms with Crippen LogP contribution in [0.25, 0.3) is 0 Å². The maximum atomic E-state index is 11.5. The van der Waals surface area contributed by atoms with Gasteiger partial charge in [0.05, 0.1) is 91.5 Å². The second kappa shape index (κ2) is 30.8. The SMILES string of the molecule is CC(C)(c1cc(CO)c(O)c(CO)c1)c1cc(CO)c(O)c(CO)c1.COCc1cc(C(C)(C)C)cc(C(C)=O)c1O.OCc1c(O)c(CO)c(CO)c(O)c1CO.OCc1cc(Cc2cc(CO)c(O)c(CO)c2)cc(CO)c1O. The number of aliphatic hydroxyl groups is 12. The molecule has 0 saturated heterocycles. The summed E-state index contributed by atoms with van der Waals surface area (Å²) in [6.45, 7) is 6.50. The molecule has 0 saturated carbocycles. The first-order valence-electron chi connectivity index (χ1n) is 25.3. The minimum Gasteiger partial charge on any atom is -0.507 e. The molecule has 0 atom stereocenters. The van der Waals surface area contributed by atoms with E-state index in [9.17, 15) is 81.4 Å². The highest BCUT2D eigenvalue weighted by Crippen LogP contribution is 2.41. The number of aliphatic hydroxyl groups excluding tert-OH is 12. The second-order valence-corrected chi connectivity index (χ2v) is 20.4. The summed E-state index contributed by atoms with van der Waals surface area (Å²) in [5.41, 5.74) is 6.55. The van der Waals surface area contributed by atoms with Gasteiger partial charge in [-0.2, -0.15) is 0 Å². The molecule has 0 heterocycles. The predicted octanol–water partition coefficient (Wildman–Crippen LogP) is 4.16. The molecule has 6 rings (SSSR count). The number of hydrogen-bond donors (Lipinski definition) is 19. The van der Waals surface area contributed by atoms with E-state index in [2.05, 4.69) is 20.8 Å². The lowest BCUT2D eigenvalue weighted by Crippen LogP contribution is -2.20. The van der Waals surface area contributed by atoms with Crippen LogP contribution in [0.1, 0.15) is 152 Å². The number of benzene rings is 6. The van der Waals surface area contributed by atoms with Crippen molar-refractivity contribution in [3.63, 3.8) is 0 Å². The first kappa shape index (κ1) is 68.3. The zero-order chi connectivity index (χ0) is 61.3. The summed E-state index contributed by atoms with van der Waals surface area (Å²) >= 11 is 0. The molecule has 21 nitrogen and oxygen atoms in total. The summed E-state index contributed by atoms with van der Waals surface area (Å²) in [6.07, 6.45) is 0.389.